The van der Waals surface area contributed by atoms with E-state index in [-0.39, 0.29) is 5.91 Å². The lowest BCUT2D eigenvalue weighted by Gasteiger charge is -2.33. The molecule has 1 saturated heterocycles. The van der Waals surface area contributed by atoms with Gasteiger partial charge >= 0.3 is 0 Å². The molecule has 6 nitrogen and oxygen atoms in total. The van der Waals surface area contributed by atoms with Crippen LogP contribution in [-0.4, -0.2) is 48.7 Å². The van der Waals surface area contributed by atoms with Gasteiger partial charge in [-0.25, -0.2) is 0 Å². The van der Waals surface area contributed by atoms with Crippen molar-refractivity contribution in [3.05, 3.63) is 76.8 Å². The summed E-state index contributed by atoms with van der Waals surface area (Å²) in [7, 11) is 4.15. The molecule has 198 valence electrons. The number of piperidine rings is 1. The van der Waals surface area contributed by atoms with E-state index in [9.17, 15) is 4.79 Å². The maximum atomic E-state index is 13.3. The molecule has 38 heavy (non-hydrogen) atoms. The second-order valence-electron chi connectivity index (χ2n) is 10.8. The number of aryl methyl sites for hydroxylation is 2. The first kappa shape index (κ1) is 25.0. The number of anilines is 2. The third-order valence-corrected chi connectivity index (χ3v) is 8.93. The number of hydrogen-bond acceptors (Lipinski definition) is 5. The Balaban J connectivity index is 1.15. The smallest absolute Gasteiger partial charge is 0.272 e. The Morgan fingerprint density at radius 2 is 1.87 bits per heavy atom. The number of nitrogens with one attached hydrogen (secondary N) is 1. The van der Waals surface area contributed by atoms with Crippen LogP contribution in [0.4, 0.5) is 11.4 Å². The molecule has 0 unspecified atom stereocenters. The zero-order valence-electron chi connectivity index (χ0n) is 22.3. The Bertz CT molecular complexity index is 1420. The molecule has 1 fully saturated rings. The van der Waals surface area contributed by atoms with Gasteiger partial charge in [-0.1, -0.05) is 24.3 Å². The van der Waals surface area contributed by atoms with Crippen LogP contribution in [0.2, 0.25) is 0 Å². The SMILES string of the molecule is CN1CCC(COc2ccc(CN3CCCc4cccc(NC(=O)c5cc6sccc6n5C)c43)cc2)CC1. The van der Waals surface area contributed by atoms with Crippen molar-refractivity contribution >= 4 is 38.8 Å². The van der Waals surface area contributed by atoms with Gasteiger partial charge in [0, 0.05) is 20.1 Å². The molecule has 2 aromatic heterocycles. The van der Waals surface area contributed by atoms with E-state index in [1.165, 1.54) is 24.0 Å². The first-order chi connectivity index (χ1) is 18.5. The fourth-order valence-electron chi connectivity index (χ4n) is 5.81. The molecule has 0 aliphatic carbocycles. The standard InChI is InChI=1S/C31H36N4O2S/c1-33-16-12-23(13-17-33)21-37-25-10-8-22(9-11-25)20-35-15-4-6-24-5-3-7-26(30(24)35)32-31(36)28-19-29-27(34(28)2)14-18-38-29/h3,5,7-11,14,18-19,23H,4,6,12-13,15-17,20-21H2,1-2H3,(H,32,36). The summed E-state index contributed by atoms with van der Waals surface area (Å²) in [6.45, 7) is 4.89. The number of thiophene rings is 1. The number of nitrogens with zero attached hydrogens (tertiary/aromatic N) is 3. The highest BCUT2D eigenvalue weighted by atomic mass is 32.1. The summed E-state index contributed by atoms with van der Waals surface area (Å²) in [4.78, 5) is 18.1. The predicted molar refractivity (Wildman–Crippen MR) is 157 cm³/mol. The van der Waals surface area contributed by atoms with Crippen molar-refractivity contribution in [3.63, 3.8) is 0 Å². The van der Waals surface area contributed by atoms with Gasteiger partial charge in [0.15, 0.2) is 0 Å². The number of benzene rings is 2. The average molecular weight is 529 g/mol. The summed E-state index contributed by atoms with van der Waals surface area (Å²) in [5.41, 5.74) is 6.34. The van der Waals surface area contributed by atoms with Crippen LogP contribution < -0.4 is 15.0 Å². The van der Waals surface area contributed by atoms with Crippen molar-refractivity contribution in [2.24, 2.45) is 13.0 Å². The molecule has 7 heteroatoms. The number of carbonyl (C=O) groups is 1. The van der Waals surface area contributed by atoms with Gasteiger partial charge in [-0.2, -0.15) is 0 Å². The second-order valence-corrected chi connectivity index (χ2v) is 11.7. The van der Waals surface area contributed by atoms with E-state index in [2.05, 4.69) is 70.0 Å². The average Bonchev–Trinajstić information content (AvgIpc) is 3.52. The molecule has 0 atom stereocenters. The number of aromatic nitrogens is 1. The van der Waals surface area contributed by atoms with Gasteiger partial charge in [0.05, 0.1) is 28.2 Å². The molecule has 0 radical (unpaired) electrons. The largest absolute Gasteiger partial charge is 0.493 e. The van der Waals surface area contributed by atoms with Crippen molar-refractivity contribution in [1.82, 2.24) is 9.47 Å². The Labute approximate surface area is 228 Å². The molecule has 0 saturated carbocycles. The van der Waals surface area contributed by atoms with Crippen LogP contribution in [0.25, 0.3) is 10.2 Å². The molecular weight excluding hydrogens is 492 g/mol. The van der Waals surface area contributed by atoms with Crippen LogP contribution in [0.1, 0.15) is 40.9 Å². The van der Waals surface area contributed by atoms with Gasteiger partial charge in [0.25, 0.3) is 5.91 Å². The molecule has 2 aliphatic heterocycles. The van der Waals surface area contributed by atoms with Crippen molar-refractivity contribution in [3.8, 4) is 5.75 Å². The van der Waals surface area contributed by atoms with Gasteiger partial charge in [0.2, 0.25) is 0 Å². The normalized spacial score (nSPS) is 16.5. The van der Waals surface area contributed by atoms with Crippen LogP contribution in [0.3, 0.4) is 0 Å². The molecule has 4 heterocycles. The number of rotatable bonds is 7. The summed E-state index contributed by atoms with van der Waals surface area (Å²) in [5.74, 6) is 1.53. The third kappa shape index (κ3) is 5.18. The van der Waals surface area contributed by atoms with E-state index in [1.54, 1.807) is 11.3 Å². The van der Waals surface area contributed by atoms with Crippen molar-refractivity contribution in [2.45, 2.75) is 32.2 Å². The number of amides is 1. The highest BCUT2D eigenvalue weighted by molar-refractivity contribution is 7.17. The quantitative estimate of drug-likeness (QED) is 0.312. The van der Waals surface area contributed by atoms with Crippen LogP contribution in [0, 0.1) is 5.92 Å². The van der Waals surface area contributed by atoms with Crippen molar-refractivity contribution in [1.29, 1.82) is 0 Å². The van der Waals surface area contributed by atoms with Gasteiger partial charge in [-0.15, -0.1) is 11.3 Å². The number of para-hydroxylation sites is 1. The van der Waals surface area contributed by atoms with Gasteiger partial charge in [-0.3, -0.25) is 4.79 Å². The number of fused-ring (bicyclic) bond motifs is 2. The van der Waals surface area contributed by atoms with Gasteiger partial charge in [0.1, 0.15) is 11.4 Å². The van der Waals surface area contributed by atoms with E-state index >= 15 is 0 Å². The summed E-state index contributed by atoms with van der Waals surface area (Å²) in [6, 6.07) is 18.9. The maximum absolute atomic E-state index is 13.3. The second kappa shape index (κ2) is 10.8. The Morgan fingerprint density at radius 3 is 2.66 bits per heavy atom. The van der Waals surface area contributed by atoms with Crippen LogP contribution in [0.15, 0.2) is 60.0 Å². The minimum Gasteiger partial charge on any atom is -0.493 e. The summed E-state index contributed by atoms with van der Waals surface area (Å²) < 4.78 is 9.24. The Hall–Kier alpha value is -3.29. The van der Waals surface area contributed by atoms with E-state index in [1.807, 2.05) is 23.7 Å². The molecule has 0 bridgehead atoms. The highest BCUT2D eigenvalue weighted by Crippen LogP contribution is 2.36. The minimum absolute atomic E-state index is 0.0686. The van der Waals surface area contributed by atoms with Crippen molar-refractivity contribution < 1.29 is 9.53 Å². The fourth-order valence-corrected chi connectivity index (χ4v) is 6.66. The number of ether oxygens (including phenoxy) is 1. The van der Waals surface area contributed by atoms with E-state index < -0.39 is 0 Å². The molecular formula is C31H36N4O2S. The molecule has 2 aliphatic rings. The number of hydrogen-bond donors (Lipinski definition) is 1. The van der Waals surface area contributed by atoms with E-state index in [0.29, 0.717) is 11.6 Å². The topological polar surface area (TPSA) is 49.7 Å². The minimum atomic E-state index is -0.0686. The zero-order valence-corrected chi connectivity index (χ0v) is 23.1. The lowest BCUT2D eigenvalue weighted by Crippen LogP contribution is -2.32. The van der Waals surface area contributed by atoms with E-state index in [0.717, 1.165) is 73.0 Å². The van der Waals surface area contributed by atoms with Crippen LogP contribution in [-0.2, 0) is 20.0 Å². The Kier molecular flexibility index (Phi) is 7.13. The summed E-state index contributed by atoms with van der Waals surface area (Å²) in [6.07, 6.45) is 4.56. The molecule has 1 N–H and O–H groups in total. The number of likely N-dealkylation sites (tertiary alicyclic amines) is 1. The lowest BCUT2D eigenvalue weighted by atomic mass is 9.98. The molecule has 2 aromatic carbocycles. The van der Waals surface area contributed by atoms with Gasteiger partial charge < -0.3 is 24.4 Å². The monoisotopic (exact) mass is 528 g/mol. The maximum Gasteiger partial charge on any atom is 0.272 e. The van der Waals surface area contributed by atoms with Crippen LogP contribution >= 0.6 is 11.3 Å². The van der Waals surface area contributed by atoms with Crippen LogP contribution in [0.5, 0.6) is 5.75 Å². The van der Waals surface area contributed by atoms with Gasteiger partial charge in [-0.05, 0) is 98.6 Å². The lowest BCUT2D eigenvalue weighted by molar-refractivity contribution is 0.101. The molecule has 6 rings (SSSR count). The first-order valence-electron chi connectivity index (χ1n) is 13.7. The zero-order chi connectivity index (χ0) is 26.1. The van der Waals surface area contributed by atoms with E-state index in [4.69, 9.17) is 4.74 Å². The summed E-state index contributed by atoms with van der Waals surface area (Å²) >= 11 is 1.66. The molecule has 0 spiro atoms. The number of carbonyl (C=O) groups excluding carboxylic acids is 1. The summed E-state index contributed by atoms with van der Waals surface area (Å²) in [5, 5.41) is 5.30. The Morgan fingerprint density at radius 1 is 1.05 bits per heavy atom. The first-order valence-corrected chi connectivity index (χ1v) is 14.5. The third-order valence-electron chi connectivity index (χ3n) is 8.08. The molecule has 1 amide bonds. The molecule has 4 aromatic rings. The van der Waals surface area contributed by atoms with Crippen molar-refractivity contribution in [2.75, 3.05) is 43.5 Å². The highest BCUT2D eigenvalue weighted by Gasteiger charge is 2.23. The fraction of sp³-hybridized carbons (Fsp3) is 0.387. The predicted octanol–water partition coefficient (Wildman–Crippen LogP) is 6.17.